The average Bonchev–Trinajstić information content (AvgIpc) is 2.72. The van der Waals surface area contributed by atoms with Gasteiger partial charge in [0, 0.05) is 11.4 Å². The molecule has 0 aromatic heterocycles. The van der Waals surface area contributed by atoms with Gasteiger partial charge in [0.1, 0.15) is 17.4 Å². The molecule has 0 saturated heterocycles. The van der Waals surface area contributed by atoms with Crippen molar-refractivity contribution in [2.75, 3.05) is 19.1 Å². The maximum atomic E-state index is 14.5. The summed E-state index contributed by atoms with van der Waals surface area (Å²) >= 11 is 5.51. The molecule has 0 saturated carbocycles. The Balaban J connectivity index is 2.21. The number of ether oxygens (including phenoxy) is 2. The van der Waals surface area contributed by atoms with Gasteiger partial charge < -0.3 is 14.8 Å². The molecule has 152 valence electrons. The molecule has 29 heavy (non-hydrogen) atoms. The summed E-state index contributed by atoms with van der Waals surface area (Å²) in [7, 11) is 2.78. The highest BCUT2D eigenvalue weighted by molar-refractivity contribution is 7.80. The molecule has 1 aliphatic rings. The second kappa shape index (κ2) is 8.57. The van der Waals surface area contributed by atoms with Gasteiger partial charge in [-0.3, -0.25) is 4.90 Å². The van der Waals surface area contributed by atoms with Gasteiger partial charge in [0.25, 0.3) is 0 Å². The standard InChI is InChI=1S/C21H20F2N2O3S/c1-4-16-18(20(26)28-3)19(17-14(22)6-5-7-15(17)23)24-21(29)25(16)12-8-10-13(27-2)11-9-12/h5-11,19H,4H2,1-3H3,(H,24,29)/t19-/m1/s1. The number of carbonyl (C=O) groups is 1. The van der Waals surface area contributed by atoms with Gasteiger partial charge in [-0.1, -0.05) is 13.0 Å². The van der Waals surface area contributed by atoms with Gasteiger partial charge in [-0.25, -0.2) is 13.6 Å². The zero-order valence-corrected chi connectivity index (χ0v) is 17.0. The first-order chi connectivity index (χ1) is 13.9. The molecule has 0 spiro atoms. The number of hydrogen-bond donors (Lipinski definition) is 1. The predicted molar refractivity (Wildman–Crippen MR) is 110 cm³/mol. The SMILES string of the molecule is CCC1=C(C(=O)OC)[C@@H](c2c(F)cccc2F)NC(=S)N1c1ccc(OC)cc1. The Hall–Kier alpha value is -3.00. The number of hydrogen-bond acceptors (Lipinski definition) is 4. The van der Waals surface area contributed by atoms with E-state index in [0.29, 0.717) is 23.6 Å². The summed E-state index contributed by atoms with van der Waals surface area (Å²) in [6.07, 6.45) is 0.380. The van der Waals surface area contributed by atoms with Gasteiger partial charge in [-0.05, 0) is 55.0 Å². The summed E-state index contributed by atoms with van der Waals surface area (Å²) in [6.45, 7) is 1.83. The van der Waals surface area contributed by atoms with Crippen molar-refractivity contribution in [1.29, 1.82) is 0 Å². The maximum absolute atomic E-state index is 14.5. The van der Waals surface area contributed by atoms with E-state index in [9.17, 15) is 13.6 Å². The van der Waals surface area contributed by atoms with Crippen molar-refractivity contribution >= 4 is 29.0 Å². The minimum absolute atomic E-state index is 0.100. The maximum Gasteiger partial charge on any atom is 0.338 e. The number of benzene rings is 2. The molecule has 2 aromatic carbocycles. The van der Waals surface area contributed by atoms with Crippen molar-refractivity contribution in [1.82, 2.24) is 5.32 Å². The molecule has 0 radical (unpaired) electrons. The number of methoxy groups -OCH3 is 2. The zero-order valence-electron chi connectivity index (χ0n) is 16.2. The minimum atomic E-state index is -1.11. The van der Waals surface area contributed by atoms with Crippen LogP contribution < -0.4 is 15.0 Å². The highest BCUT2D eigenvalue weighted by Crippen LogP contribution is 2.37. The van der Waals surface area contributed by atoms with Crippen molar-refractivity contribution in [2.24, 2.45) is 0 Å². The number of thiocarbonyl (C=S) groups is 1. The van der Waals surface area contributed by atoms with E-state index in [4.69, 9.17) is 21.7 Å². The Morgan fingerprint density at radius 1 is 1.14 bits per heavy atom. The number of carbonyl (C=O) groups excluding carboxylic acids is 1. The van der Waals surface area contributed by atoms with Crippen LogP contribution in [0.5, 0.6) is 5.75 Å². The molecule has 0 unspecified atom stereocenters. The molecule has 1 N–H and O–H groups in total. The van der Waals surface area contributed by atoms with Crippen molar-refractivity contribution in [2.45, 2.75) is 19.4 Å². The predicted octanol–water partition coefficient (Wildman–Crippen LogP) is 4.25. The average molecular weight is 418 g/mol. The molecule has 0 amide bonds. The van der Waals surface area contributed by atoms with E-state index in [1.54, 1.807) is 36.3 Å². The molecule has 1 heterocycles. The number of anilines is 1. The Kier molecular flexibility index (Phi) is 6.12. The minimum Gasteiger partial charge on any atom is -0.497 e. The third kappa shape index (κ3) is 3.80. The summed E-state index contributed by atoms with van der Waals surface area (Å²) in [5, 5.41) is 3.12. The lowest BCUT2D eigenvalue weighted by Gasteiger charge is -2.38. The molecule has 5 nitrogen and oxygen atoms in total. The molecular formula is C21H20F2N2O3S. The summed E-state index contributed by atoms with van der Waals surface area (Å²) < 4.78 is 39.1. The first-order valence-corrected chi connectivity index (χ1v) is 9.33. The van der Waals surface area contributed by atoms with Crippen LogP contribution in [0.2, 0.25) is 0 Å². The molecule has 0 fully saturated rings. The molecule has 8 heteroatoms. The number of rotatable bonds is 5. The van der Waals surface area contributed by atoms with Crippen molar-refractivity contribution in [3.05, 3.63) is 70.9 Å². The largest absolute Gasteiger partial charge is 0.497 e. The summed E-state index contributed by atoms with van der Waals surface area (Å²) in [5.41, 5.74) is 0.992. The summed E-state index contributed by atoms with van der Waals surface area (Å²) in [5.74, 6) is -1.59. The van der Waals surface area contributed by atoms with Crippen LogP contribution in [0.1, 0.15) is 24.9 Å². The fourth-order valence-electron chi connectivity index (χ4n) is 3.37. The van der Waals surface area contributed by atoms with Gasteiger partial charge in [-0.15, -0.1) is 0 Å². The van der Waals surface area contributed by atoms with Gasteiger partial charge in [0.15, 0.2) is 5.11 Å². The Morgan fingerprint density at radius 2 is 1.76 bits per heavy atom. The van der Waals surface area contributed by atoms with Gasteiger partial charge in [0.05, 0.1) is 31.4 Å². The van der Waals surface area contributed by atoms with E-state index in [1.165, 1.54) is 13.2 Å². The monoisotopic (exact) mass is 418 g/mol. The lowest BCUT2D eigenvalue weighted by atomic mass is 9.92. The fourth-order valence-corrected chi connectivity index (χ4v) is 3.70. The molecule has 1 aliphatic heterocycles. The molecule has 0 bridgehead atoms. The van der Waals surface area contributed by atoms with Crippen LogP contribution in [0.15, 0.2) is 53.7 Å². The van der Waals surface area contributed by atoms with Crippen LogP contribution >= 0.6 is 12.2 Å². The smallest absolute Gasteiger partial charge is 0.338 e. The normalized spacial score (nSPS) is 16.5. The molecule has 0 aliphatic carbocycles. The van der Waals surface area contributed by atoms with Crippen LogP contribution in [0.25, 0.3) is 0 Å². The highest BCUT2D eigenvalue weighted by Gasteiger charge is 2.38. The van der Waals surface area contributed by atoms with E-state index >= 15 is 0 Å². The van der Waals surface area contributed by atoms with Gasteiger partial charge >= 0.3 is 5.97 Å². The van der Waals surface area contributed by atoms with Crippen LogP contribution in [-0.4, -0.2) is 25.3 Å². The zero-order chi connectivity index (χ0) is 21.1. The lowest BCUT2D eigenvalue weighted by Crippen LogP contribution is -2.49. The number of nitrogens with one attached hydrogen (secondary N) is 1. The Labute approximate surface area is 172 Å². The van der Waals surface area contributed by atoms with Crippen LogP contribution in [0.3, 0.4) is 0 Å². The van der Waals surface area contributed by atoms with Crippen molar-refractivity contribution < 1.29 is 23.0 Å². The molecule has 3 rings (SSSR count). The van der Waals surface area contributed by atoms with Crippen LogP contribution in [0, 0.1) is 11.6 Å². The second-order valence-electron chi connectivity index (χ2n) is 6.26. The van der Waals surface area contributed by atoms with E-state index in [1.807, 2.05) is 6.92 Å². The van der Waals surface area contributed by atoms with E-state index < -0.39 is 23.6 Å². The summed E-state index contributed by atoms with van der Waals surface area (Å²) in [4.78, 5) is 14.3. The third-order valence-corrected chi connectivity index (χ3v) is 5.00. The number of esters is 1. The van der Waals surface area contributed by atoms with Gasteiger partial charge in [-0.2, -0.15) is 0 Å². The number of halogens is 2. The summed E-state index contributed by atoms with van der Waals surface area (Å²) in [6, 6.07) is 9.50. The first kappa shape index (κ1) is 20.7. The third-order valence-electron chi connectivity index (χ3n) is 4.70. The van der Waals surface area contributed by atoms with Crippen LogP contribution in [0.4, 0.5) is 14.5 Å². The first-order valence-electron chi connectivity index (χ1n) is 8.92. The molecule has 1 atom stereocenters. The number of allylic oxidation sites excluding steroid dienone is 1. The quantitative estimate of drug-likeness (QED) is 0.579. The second-order valence-corrected chi connectivity index (χ2v) is 6.64. The Morgan fingerprint density at radius 3 is 2.28 bits per heavy atom. The van der Waals surface area contributed by atoms with Crippen molar-refractivity contribution in [3.8, 4) is 5.75 Å². The van der Waals surface area contributed by atoms with E-state index in [0.717, 1.165) is 12.1 Å². The molecular weight excluding hydrogens is 398 g/mol. The highest BCUT2D eigenvalue weighted by atomic mass is 32.1. The lowest BCUT2D eigenvalue weighted by molar-refractivity contribution is -0.136. The Bertz CT molecular complexity index is 956. The molecule has 2 aromatic rings. The van der Waals surface area contributed by atoms with E-state index in [2.05, 4.69) is 5.32 Å². The van der Waals surface area contributed by atoms with Gasteiger partial charge in [0.2, 0.25) is 0 Å². The van der Waals surface area contributed by atoms with Crippen LogP contribution in [-0.2, 0) is 9.53 Å². The topological polar surface area (TPSA) is 50.8 Å². The fraction of sp³-hybridized carbons (Fsp3) is 0.238. The number of nitrogens with zero attached hydrogens (tertiary/aromatic N) is 1. The van der Waals surface area contributed by atoms with E-state index in [-0.39, 0.29) is 16.2 Å². The van der Waals surface area contributed by atoms with Crippen molar-refractivity contribution in [3.63, 3.8) is 0 Å².